The van der Waals surface area contributed by atoms with Crippen LogP contribution < -0.4 is 0 Å². The summed E-state index contributed by atoms with van der Waals surface area (Å²) in [5.41, 5.74) is -3.89. The summed E-state index contributed by atoms with van der Waals surface area (Å²) in [5.74, 6) is 1.21. The van der Waals surface area contributed by atoms with Gasteiger partial charge in [-0.1, -0.05) is 39.3 Å². The molecule has 0 spiro atoms. The number of carbonyl (C=O) groups excluding carboxylic acids is 1. The number of halogens is 6. The van der Waals surface area contributed by atoms with Crippen molar-refractivity contribution in [3.05, 3.63) is 23.8 Å². The van der Waals surface area contributed by atoms with Crippen LogP contribution in [0.15, 0.2) is 23.8 Å². The highest BCUT2D eigenvalue weighted by Gasteiger charge is 2.70. The largest absolute Gasteiger partial charge is 0.426 e. The van der Waals surface area contributed by atoms with Crippen molar-refractivity contribution in [2.45, 2.75) is 95.9 Å². The third kappa shape index (κ3) is 3.57. The highest BCUT2D eigenvalue weighted by atomic mass is 19.4. The maximum atomic E-state index is 13.1. The monoisotopic (exact) mass is 520 g/mol. The average Bonchev–Trinajstić information content (AvgIpc) is 3.50. The lowest BCUT2D eigenvalue weighted by atomic mass is 9.48. The fourth-order valence-corrected chi connectivity index (χ4v) is 8.67. The van der Waals surface area contributed by atoms with Crippen LogP contribution in [-0.2, 0) is 9.53 Å². The molecule has 0 unspecified atom stereocenters. The van der Waals surface area contributed by atoms with E-state index in [1.54, 1.807) is 6.08 Å². The van der Waals surface area contributed by atoms with Crippen molar-refractivity contribution in [3.63, 3.8) is 0 Å². The summed E-state index contributed by atoms with van der Waals surface area (Å²) in [6, 6.07) is 0. The molecule has 5 aliphatic rings. The molecular formula is C27H34F6O3. The van der Waals surface area contributed by atoms with Gasteiger partial charge in [-0.3, -0.25) is 4.79 Å². The molecule has 9 atom stereocenters. The van der Waals surface area contributed by atoms with Crippen LogP contribution >= 0.6 is 0 Å². The lowest BCUT2D eigenvalue weighted by Gasteiger charge is -2.56. The molecule has 9 heteroatoms. The van der Waals surface area contributed by atoms with Crippen LogP contribution in [0, 0.1) is 40.4 Å². The predicted molar refractivity (Wildman–Crippen MR) is 120 cm³/mol. The molecule has 0 aromatic heterocycles. The highest BCUT2D eigenvalue weighted by molar-refractivity contribution is 5.98. The standard InChI is InChI=1S/C27H34F6O3/c1-14(5-4-11-25(35,26(28,29)30)27(31,32)33)17-8-9-18-16-7-6-15-13-20(34)21-22(36-21)24(15,3)19(16)10-12-23(17,18)2/h6-7,13-14,16-19,21-22,35H,4-5,8-12H2,1-3H3/t14-,16+,17-,18+,19+,21+,22+,23-,24+/m1/s1. The van der Waals surface area contributed by atoms with Gasteiger partial charge in [0.2, 0.25) is 0 Å². The fraction of sp³-hybridized carbons (Fsp3) is 0.815. The Morgan fingerprint density at radius 1 is 1.08 bits per heavy atom. The predicted octanol–water partition coefficient (Wildman–Crippen LogP) is 6.56. The second kappa shape index (κ2) is 8.08. The Hall–Kier alpha value is -1.35. The number of epoxide rings is 1. The van der Waals surface area contributed by atoms with Gasteiger partial charge in [-0.15, -0.1) is 0 Å². The molecule has 202 valence electrons. The molecule has 3 nitrogen and oxygen atoms in total. The molecule has 0 aromatic carbocycles. The molecule has 0 aromatic rings. The van der Waals surface area contributed by atoms with Gasteiger partial charge in [-0.2, -0.15) is 26.3 Å². The van der Waals surface area contributed by atoms with Gasteiger partial charge in [-0.05, 0) is 85.2 Å². The number of alkyl halides is 6. The first-order valence-corrected chi connectivity index (χ1v) is 13.0. The van der Waals surface area contributed by atoms with Crippen LogP contribution in [0.5, 0.6) is 0 Å². The Balaban J connectivity index is 1.29. The molecule has 5 rings (SSSR count). The molecule has 1 saturated heterocycles. The Morgan fingerprint density at radius 2 is 1.75 bits per heavy atom. The summed E-state index contributed by atoms with van der Waals surface area (Å²) >= 11 is 0. The summed E-state index contributed by atoms with van der Waals surface area (Å²) < 4.78 is 84.2. The van der Waals surface area contributed by atoms with E-state index in [0.717, 1.165) is 31.3 Å². The van der Waals surface area contributed by atoms with Crippen LogP contribution in [0.1, 0.15) is 65.7 Å². The van der Waals surface area contributed by atoms with Crippen LogP contribution in [0.4, 0.5) is 26.3 Å². The van der Waals surface area contributed by atoms with E-state index in [9.17, 15) is 36.2 Å². The third-order valence-electron chi connectivity index (χ3n) is 10.8. The second-order valence-corrected chi connectivity index (χ2v) is 12.4. The number of rotatable bonds is 5. The zero-order valence-electron chi connectivity index (χ0n) is 20.8. The van der Waals surface area contributed by atoms with Crippen LogP contribution in [0.25, 0.3) is 0 Å². The fourth-order valence-electron chi connectivity index (χ4n) is 8.67. The van der Waals surface area contributed by atoms with Gasteiger partial charge < -0.3 is 9.84 Å². The van der Waals surface area contributed by atoms with Crippen LogP contribution in [0.2, 0.25) is 0 Å². The third-order valence-corrected chi connectivity index (χ3v) is 10.8. The number of ketones is 1. The number of fused-ring (bicyclic) bond motifs is 7. The number of hydrogen-bond donors (Lipinski definition) is 1. The molecule has 0 amide bonds. The SMILES string of the molecule is C[C@H](CCCC(O)(C(F)(F)F)C(F)(F)F)[C@H]1CC[C@H]2[C@@H]3C=CC4=CC(=O)[C@@H]5O[C@@H]5[C@]4(C)[C@H]3CC[C@]12C. The highest BCUT2D eigenvalue weighted by Crippen LogP contribution is 2.68. The van der Waals surface area contributed by atoms with E-state index in [2.05, 4.69) is 26.0 Å². The molecule has 2 saturated carbocycles. The van der Waals surface area contributed by atoms with Crippen LogP contribution in [-0.4, -0.2) is 41.1 Å². The minimum atomic E-state index is -5.76. The van der Waals surface area contributed by atoms with Gasteiger partial charge in [0.25, 0.3) is 5.60 Å². The van der Waals surface area contributed by atoms with Gasteiger partial charge in [0, 0.05) is 5.41 Å². The zero-order chi connectivity index (χ0) is 26.5. The lowest BCUT2D eigenvalue weighted by molar-refractivity contribution is -0.370. The van der Waals surface area contributed by atoms with E-state index in [1.165, 1.54) is 0 Å². The maximum Gasteiger partial charge on any atom is 0.426 e. The lowest BCUT2D eigenvalue weighted by Crippen LogP contribution is -2.56. The maximum absolute atomic E-state index is 13.1. The van der Waals surface area contributed by atoms with E-state index in [4.69, 9.17) is 4.74 Å². The molecular weight excluding hydrogens is 486 g/mol. The summed E-state index contributed by atoms with van der Waals surface area (Å²) in [6.07, 6.45) is -3.67. The van der Waals surface area contributed by atoms with E-state index < -0.39 is 24.4 Å². The topological polar surface area (TPSA) is 49.8 Å². The van der Waals surface area contributed by atoms with Gasteiger partial charge in [0.05, 0.1) is 0 Å². The van der Waals surface area contributed by atoms with Crippen molar-refractivity contribution in [1.29, 1.82) is 0 Å². The van der Waals surface area contributed by atoms with Crippen LogP contribution in [0.3, 0.4) is 0 Å². The first kappa shape index (κ1) is 26.3. The van der Waals surface area contributed by atoms with Crippen molar-refractivity contribution < 1.29 is 41.0 Å². The first-order chi connectivity index (χ1) is 16.6. The number of aliphatic hydroxyl groups is 1. The van der Waals surface area contributed by atoms with Crippen molar-refractivity contribution in [2.24, 2.45) is 40.4 Å². The Labute approximate surface area is 207 Å². The molecule has 36 heavy (non-hydrogen) atoms. The molecule has 0 bridgehead atoms. The molecule has 4 aliphatic carbocycles. The number of allylic oxidation sites excluding steroid dienone is 2. The van der Waals surface area contributed by atoms with Crippen molar-refractivity contribution in [2.75, 3.05) is 0 Å². The van der Waals surface area contributed by atoms with E-state index in [1.807, 2.05) is 6.92 Å². The first-order valence-electron chi connectivity index (χ1n) is 13.0. The molecule has 3 fully saturated rings. The summed E-state index contributed by atoms with van der Waals surface area (Å²) in [5, 5.41) is 9.50. The normalized spacial score (nSPS) is 42.7. The summed E-state index contributed by atoms with van der Waals surface area (Å²) in [4.78, 5) is 12.2. The van der Waals surface area contributed by atoms with Crippen molar-refractivity contribution >= 4 is 5.78 Å². The Kier molecular flexibility index (Phi) is 5.89. The van der Waals surface area contributed by atoms with Gasteiger partial charge in [-0.25, -0.2) is 0 Å². The van der Waals surface area contributed by atoms with E-state index >= 15 is 0 Å². The van der Waals surface area contributed by atoms with Gasteiger partial charge in [0.1, 0.15) is 12.2 Å². The quantitative estimate of drug-likeness (QED) is 0.330. The number of hydrogen-bond acceptors (Lipinski definition) is 3. The van der Waals surface area contributed by atoms with Crippen molar-refractivity contribution in [1.82, 2.24) is 0 Å². The molecule has 0 radical (unpaired) electrons. The van der Waals surface area contributed by atoms with Gasteiger partial charge in [0.15, 0.2) is 5.78 Å². The van der Waals surface area contributed by atoms with E-state index in [0.29, 0.717) is 17.8 Å². The molecule has 1 N–H and O–H groups in total. The molecule has 1 heterocycles. The summed E-state index contributed by atoms with van der Waals surface area (Å²) in [7, 11) is 0. The van der Waals surface area contributed by atoms with Crippen molar-refractivity contribution in [3.8, 4) is 0 Å². The van der Waals surface area contributed by atoms with Gasteiger partial charge >= 0.3 is 12.4 Å². The second-order valence-electron chi connectivity index (χ2n) is 12.4. The average molecular weight is 521 g/mol. The smallest absolute Gasteiger partial charge is 0.374 e. The number of carbonyl (C=O) groups is 1. The zero-order valence-corrected chi connectivity index (χ0v) is 20.8. The van der Waals surface area contributed by atoms with E-state index in [-0.39, 0.29) is 53.5 Å². The Morgan fingerprint density at radius 3 is 2.39 bits per heavy atom. The summed E-state index contributed by atoms with van der Waals surface area (Å²) in [6.45, 7) is 6.38. The molecule has 1 aliphatic heterocycles. The minimum Gasteiger partial charge on any atom is -0.374 e. The Bertz CT molecular complexity index is 969. The minimum absolute atomic E-state index is 0.0360. The number of ether oxygens (including phenoxy) is 1.